The van der Waals surface area contributed by atoms with E-state index in [-0.39, 0.29) is 24.2 Å². The van der Waals surface area contributed by atoms with Crippen LogP contribution < -0.4 is 4.90 Å². The van der Waals surface area contributed by atoms with Crippen LogP contribution in [0.15, 0.2) is 54.6 Å². The summed E-state index contributed by atoms with van der Waals surface area (Å²) < 4.78 is 0. The first-order valence-electron chi connectivity index (χ1n) is 9.99. The van der Waals surface area contributed by atoms with Gasteiger partial charge >= 0.3 is 0 Å². The van der Waals surface area contributed by atoms with Crippen LogP contribution in [0.5, 0.6) is 0 Å². The highest BCUT2D eigenvalue weighted by Crippen LogP contribution is 2.27. The molecule has 6 heteroatoms. The van der Waals surface area contributed by atoms with Crippen LogP contribution >= 0.6 is 0 Å². The van der Waals surface area contributed by atoms with Crippen molar-refractivity contribution in [1.29, 1.82) is 5.26 Å². The summed E-state index contributed by atoms with van der Waals surface area (Å²) in [5.74, 6) is -0.299. The summed E-state index contributed by atoms with van der Waals surface area (Å²) in [5.41, 5.74) is 2.49. The molecule has 2 aliphatic rings. The molecule has 2 aliphatic heterocycles. The molecule has 0 N–H and O–H groups in total. The van der Waals surface area contributed by atoms with Crippen molar-refractivity contribution in [2.75, 3.05) is 37.6 Å². The molecule has 6 nitrogen and oxygen atoms in total. The third kappa shape index (κ3) is 4.30. The molecule has 2 aromatic carbocycles. The van der Waals surface area contributed by atoms with Crippen molar-refractivity contribution in [2.24, 2.45) is 5.92 Å². The maximum absolute atomic E-state index is 13.0. The fraction of sp³-hybridized carbons (Fsp3) is 0.348. The summed E-state index contributed by atoms with van der Waals surface area (Å²) in [7, 11) is 0. The lowest BCUT2D eigenvalue weighted by atomic mass is 10.1. The van der Waals surface area contributed by atoms with E-state index in [9.17, 15) is 9.59 Å². The van der Waals surface area contributed by atoms with E-state index in [0.717, 1.165) is 19.6 Å². The van der Waals surface area contributed by atoms with Crippen molar-refractivity contribution in [3.05, 3.63) is 65.7 Å². The maximum atomic E-state index is 13.0. The molecular weight excluding hydrogens is 364 g/mol. The fourth-order valence-corrected chi connectivity index (χ4v) is 4.09. The molecule has 148 valence electrons. The smallest absolute Gasteiger partial charge is 0.228 e. The molecule has 2 fully saturated rings. The van der Waals surface area contributed by atoms with Crippen molar-refractivity contribution >= 4 is 17.5 Å². The van der Waals surface area contributed by atoms with E-state index in [1.54, 1.807) is 23.1 Å². The fourth-order valence-electron chi connectivity index (χ4n) is 4.09. The highest BCUT2D eigenvalue weighted by Gasteiger charge is 2.38. The Bertz CT molecular complexity index is 929. The standard InChI is InChI=1S/C23H24N4O2/c24-15-19-7-4-8-21(13-19)27-17-20(14-22(27)28)23(29)26-11-9-25(10-12-26)16-18-5-2-1-3-6-18/h1-8,13,20H,9-12,14,16-17H2. The topological polar surface area (TPSA) is 67.7 Å². The summed E-state index contributed by atoms with van der Waals surface area (Å²) in [4.78, 5) is 31.4. The molecule has 2 aromatic rings. The van der Waals surface area contributed by atoms with Gasteiger partial charge in [0.15, 0.2) is 0 Å². The number of anilines is 1. The molecule has 0 aliphatic carbocycles. The number of rotatable bonds is 4. The lowest BCUT2D eigenvalue weighted by Gasteiger charge is -2.36. The second kappa shape index (κ2) is 8.46. The van der Waals surface area contributed by atoms with Gasteiger partial charge in [0.25, 0.3) is 0 Å². The van der Waals surface area contributed by atoms with E-state index in [1.807, 2.05) is 29.2 Å². The van der Waals surface area contributed by atoms with E-state index in [1.165, 1.54) is 5.56 Å². The van der Waals surface area contributed by atoms with Gasteiger partial charge in [-0.1, -0.05) is 36.4 Å². The zero-order chi connectivity index (χ0) is 20.2. The molecule has 0 aromatic heterocycles. The SMILES string of the molecule is N#Cc1cccc(N2CC(C(=O)N3CCN(Cc4ccccc4)CC3)CC2=O)c1. The van der Waals surface area contributed by atoms with E-state index >= 15 is 0 Å². The van der Waals surface area contributed by atoms with Gasteiger partial charge in [-0.05, 0) is 23.8 Å². The Morgan fingerprint density at radius 3 is 2.52 bits per heavy atom. The summed E-state index contributed by atoms with van der Waals surface area (Å²) in [6.07, 6.45) is 0.236. The summed E-state index contributed by atoms with van der Waals surface area (Å²) in [5, 5.41) is 9.08. The Morgan fingerprint density at radius 1 is 1.03 bits per heavy atom. The summed E-state index contributed by atoms with van der Waals surface area (Å²) >= 11 is 0. The minimum Gasteiger partial charge on any atom is -0.340 e. The van der Waals surface area contributed by atoms with Crippen molar-refractivity contribution in [2.45, 2.75) is 13.0 Å². The van der Waals surface area contributed by atoms with Crippen LogP contribution in [-0.2, 0) is 16.1 Å². The molecule has 2 amide bonds. The molecule has 1 unspecified atom stereocenters. The second-order valence-electron chi connectivity index (χ2n) is 7.65. The maximum Gasteiger partial charge on any atom is 0.228 e. The van der Waals surface area contributed by atoms with Crippen LogP contribution in [0.3, 0.4) is 0 Å². The average molecular weight is 388 g/mol. The van der Waals surface area contributed by atoms with Crippen molar-refractivity contribution < 1.29 is 9.59 Å². The molecule has 0 radical (unpaired) electrons. The number of nitrogens with zero attached hydrogens (tertiary/aromatic N) is 4. The van der Waals surface area contributed by atoms with E-state index in [2.05, 4.69) is 23.1 Å². The Labute approximate surface area is 170 Å². The number of carbonyl (C=O) groups is 2. The summed E-state index contributed by atoms with van der Waals surface area (Å²) in [6, 6.07) is 19.4. The van der Waals surface area contributed by atoms with Gasteiger partial charge in [0.05, 0.1) is 17.6 Å². The number of hydrogen-bond acceptors (Lipinski definition) is 4. The number of amides is 2. The number of hydrogen-bond donors (Lipinski definition) is 0. The Balaban J connectivity index is 1.33. The van der Waals surface area contributed by atoms with Gasteiger partial charge in [0.2, 0.25) is 11.8 Å². The van der Waals surface area contributed by atoms with Crippen LogP contribution in [0, 0.1) is 17.2 Å². The normalized spacial score (nSPS) is 20.0. The second-order valence-corrected chi connectivity index (χ2v) is 7.65. The molecule has 2 heterocycles. The molecule has 1 atom stereocenters. The number of benzene rings is 2. The highest BCUT2D eigenvalue weighted by atomic mass is 16.2. The quantitative estimate of drug-likeness (QED) is 0.806. The van der Waals surface area contributed by atoms with Gasteiger partial charge in [-0.25, -0.2) is 0 Å². The molecule has 0 bridgehead atoms. The first-order chi connectivity index (χ1) is 14.1. The molecule has 2 saturated heterocycles. The van der Waals surface area contributed by atoms with Crippen LogP contribution in [0.4, 0.5) is 5.69 Å². The van der Waals surface area contributed by atoms with Gasteiger partial charge in [0, 0.05) is 51.4 Å². The molecule has 0 spiro atoms. The minimum atomic E-state index is -0.311. The molecular formula is C23H24N4O2. The Kier molecular flexibility index (Phi) is 5.59. The Morgan fingerprint density at radius 2 is 1.79 bits per heavy atom. The van der Waals surface area contributed by atoms with Gasteiger partial charge in [-0.2, -0.15) is 5.26 Å². The lowest BCUT2D eigenvalue weighted by molar-refractivity contribution is -0.137. The van der Waals surface area contributed by atoms with Crippen molar-refractivity contribution in [3.63, 3.8) is 0 Å². The van der Waals surface area contributed by atoms with Gasteiger partial charge < -0.3 is 9.80 Å². The third-order valence-electron chi connectivity index (χ3n) is 5.69. The highest BCUT2D eigenvalue weighted by molar-refractivity contribution is 6.00. The predicted molar refractivity (Wildman–Crippen MR) is 110 cm³/mol. The van der Waals surface area contributed by atoms with E-state index in [0.29, 0.717) is 30.9 Å². The Hall–Kier alpha value is -3.17. The lowest BCUT2D eigenvalue weighted by Crippen LogP contribution is -2.50. The molecule has 4 rings (SSSR count). The largest absolute Gasteiger partial charge is 0.340 e. The van der Waals surface area contributed by atoms with E-state index in [4.69, 9.17) is 5.26 Å². The zero-order valence-electron chi connectivity index (χ0n) is 16.3. The first-order valence-corrected chi connectivity index (χ1v) is 9.99. The van der Waals surface area contributed by atoms with Crippen LogP contribution in [-0.4, -0.2) is 54.3 Å². The molecule has 29 heavy (non-hydrogen) atoms. The number of nitriles is 1. The van der Waals surface area contributed by atoms with Crippen molar-refractivity contribution in [1.82, 2.24) is 9.80 Å². The molecule has 0 saturated carbocycles. The summed E-state index contributed by atoms with van der Waals surface area (Å²) in [6.45, 7) is 4.36. The zero-order valence-corrected chi connectivity index (χ0v) is 16.3. The van der Waals surface area contributed by atoms with Gasteiger partial charge in [-0.3, -0.25) is 14.5 Å². The first kappa shape index (κ1) is 19.2. The van der Waals surface area contributed by atoms with Crippen LogP contribution in [0.25, 0.3) is 0 Å². The number of carbonyl (C=O) groups excluding carboxylic acids is 2. The van der Waals surface area contributed by atoms with Gasteiger partial charge in [-0.15, -0.1) is 0 Å². The predicted octanol–water partition coefficient (Wildman–Crippen LogP) is 2.26. The van der Waals surface area contributed by atoms with Crippen molar-refractivity contribution in [3.8, 4) is 6.07 Å². The van der Waals surface area contributed by atoms with E-state index < -0.39 is 0 Å². The van der Waals surface area contributed by atoms with Gasteiger partial charge in [0.1, 0.15) is 0 Å². The third-order valence-corrected chi connectivity index (χ3v) is 5.69. The average Bonchev–Trinajstić information content (AvgIpc) is 3.16. The van der Waals surface area contributed by atoms with Crippen LogP contribution in [0.1, 0.15) is 17.5 Å². The number of piperazine rings is 1. The monoisotopic (exact) mass is 388 g/mol. The van der Waals surface area contributed by atoms with Crippen LogP contribution in [0.2, 0.25) is 0 Å². The minimum absolute atomic E-state index is 0.0545.